The Morgan fingerprint density at radius 2 is 1.45 bits per heavy atom. The summed E-state index contributed by atoms with van der Waals surface area (Å²) >= 11 is 0. The molecule has 0 radical (unpaired) electrons. The largest absolute Gasteiger partial charge is 0.497 e. The second-order valence-corrected chi connectivity index (χ2v) is 7.23. The first kappa shape index (κ1) is 22.3. The summed E-state index contributed by atoms with van der Waals surface area (Å²) in [6.45, 7) is 7.46. The van der Waals surface area contributed by atoms with Crippen molar-refractivity contribution in [1.29, 1.82) is 0 Å². The van der Waals surface area contributed by atoms with Gasteiger partial charge in [0.05, 0.1) is 31.8 Å². The molecule has 1 atom stereocenters. The molecule has 0 aliphatic heterocycles. The average molecular weight is 399 g/mol. The van der Waals surface area contributed by atoms with Crippen molar-refractivity contribution in [2.75, 3.05) is 7.11 Å². The van der Waals surface area contributed by atoms with E-state index in [-0.39, 0.29) is 30.5 Å². The highest BCUT2D eigenvalue weighted by Crippen LogP contribution is 2.22. The fourth-order valence-electron chi connectivity index (χ4n) is 2.76. The van der Waals surface area contributed by atoms with Crippen LogP contribution in [-0.4, -0.2) is 31.2 Å². The van der Waals surface area contributed by atoms with Crippen LogP contribution in [0, 0.1) is 0 Å². The van der Waals surface area contributed by atoms with E-state index < -0.39 is 6.04 Å². The first-order chi connectivity index (χ1) is 13.8. The van der Waals surface area contributed by atoms with Crippen molar-refractivity contribution in [2.24, 2.45) is 0 Å². The summed E-state index contributed by atoms with van der Waals surface area (Å²) in [4.78, 5) is 25.0. The minimum Gasteiger partial charge on any atom is -0.497 e. The highest BCUT2D eigenvalue weighted by Gasteiger charge is 2.21. The van der Waals surface area contributed by atoms with Gasteiger partial charge in [-0.25, -0.2) is 0 Å². The van der Waals surface area contributed by atoms with E-state index in [1.54, 1.807) is 57.4 Å². The van der Waals surface area contributed by atoms with Crippen LogP contribution >= 0.6 is 0 Å². The number of ether oxygens (including phenoxy) is 3. The molecule has 0 fully saturated rings. The van der Waals surface area contributed by atoms with E-state index in [2.05, 4.69) is 5.32 Å². The standard InChI is InChI=1S/C23H29NO5/c1-15(2)28-20-12-8-18(9-13-20)23(26)24-21(14-22(25)29-16(3)4)17-6-10-19(27-5)11-7-17/h6-13,15-16,21H,14H2,1-5H3,(H,24,26). The van der Waals surface area contributed by atoms with Gasteiger partial charge in [0.15, 0.2) is 0 Å². The number of rotatable bonds is 9. The third-order valence-electron chi connectivity index (χ3n) is 4.05. The van der Waals surface area contributed by atoms with Crippen LogP contribution in [0.15, 0.2) is 48.5 Å². The number of benzene rings is 2. The van der Waals surface area contributed by atoms with Crippen LogP contribution < -0.4 is 14.8 Å². The molecule has 2 aromatic carbocycles. The third kappa shape index (κ3) is 7.14. The van der Waals surface area contributed by atoms with Gasteiger partial charge in [-0.2, -0.15) is 0 Å². The molecule has 0 aliphatic carbocycles. The fourth-order valence-corrected chi connectivity index (χ4v) is 2.76. The molecule has 0 bridgehead atoms. The number of carbonyl (C=O) groups is 2. The zero-order chi connectivity index (χ0) is 21.4. The van der Waals surface area contributed by atoms with Gasteiger partial charge < -0.3 is 19.5 Å². The number of hydrogen-bond donors (Lipinski definition) is 1. The van der Waals surface area contributed by atoms with Gasteiger partial charge in [0.25, 0.3) is 5.91 Å². The Morgan fingerprint density at radius 3 is 1.97 bits per heavy atom. The van der Waals surface area contributed by atoms with Gasteiger partial charge in [0, 0.05) is 5.56 Å². The lowest BCUT2D eigenvalue weighted by Gasteiger charge is -2.20. The fraction of sp³-hybridized carbons (Fsp3) is 0.391. The minimum absolute atomic E-state index is 0.0325. The molecule has 2 rings (SSSR count). The normalized spacial score (nSPS) is 11.8. The van der Waals surface area contributed by atoms with Gasteiger partial charge in [-0.1, -0.05) is 12.1 Å². The molecular weight excluding hydrogens is 370 g/mol. The van der Waals surface area contributed by atoms with Gasteiger partial charge in [-0.15, -0.1) is 0 Å². The second kappa shape index (κ2) is 10.5. The molecule has 0 aliphatic rings. The Bertz CT molecular complexity index is 797. The van der Waals surface area contributed by atoms with Gasteiger partial charge >= 0.3 is 5.97 Å². The van der Waals surface area contributed by atoms with E-state index in [0.717, 1.165) is 5.56 Å². The van der Waals surface area contributed by atoms with E-state index in [1.807, 2.05) is 26.0 Å². The topological polar surface area (TPSA) is 73.9 Å². The van der Waals surface area contributed by atoms with E-state index in [4.69, 9.17) is 14.2 Å². The summed E-state index contributed by atoms with van der Waals surface area (Å²) < 4.78 is 16.0. The SMILES string of the molecule is COc1ccc(C(CC(=O)OC(C)C)NC(=O)c2ccc(OC(C)C)cc2)cc1. The highest BCUT2D eigenvalue weighted by atomic mass is 16.5. The average Bonchev–Trinajstić information content (AvgIpc) is 2.67. The van der Waals surface area contributed by atoms with Crippen LogP contribution in [0.2, 0.25) is 0 Å². The van der Waals surface area contributed by atoms with E-state index in [1.165, 1.54) is 0 Å². The molecule has 6 heteroatoms. The molecule has 1 unspecified atom stereocenters. The Labute approximate surface area is 172 Å². The third-order valence-corrected chi connectivity index (χ3v) is 4.05. The van der Waals surface area contributed by atoms with Crippen molar-refractivity contribution < 1.29 is 23.8 Å². The van der Waals surface area contributed by atoms with Crippen molar-refractivity contribution in [1.82, 2.24) is 5.32 Å². The zero-order valence-corrected chi connectivity index (χ0v) is 17.6. The van der Waals surface area contributed by atoms with Crippen molar-refractivity contribution >= 4 is 11.9 Å². The molecule has 1 amide bonds. The Hall–Kier alpha value is -3.02. The first-order valence-electron chi connectivity index (χ1n) is 9.69. The second-order valence-electron chi connectivity index (χ2n) is 7.23. The monoisotopic (exact) mass is 399 g/mol. The summed E-state index contributed by atoms with van der Waals surface area (Å²) in [5.74, 6) is 0.745. The molecular formula is C23H29NO5. The van der Waals surface area contributed by atoms with Crippen molar-refractivity contribution in [2.45, 2.75) is 52.4 Å². The minimum atomic E-state index is -0.522. The molecule has 0 saturated heterocycles. The lowest BCUT2D eigenvalue weighted by molar-refractivity contribution is -0.147. The number of methoxy groups -OCH3 is 1. The van der Waals surface area contributed by atoms with Crippen LogP contribution in [0.4, 0.5) is 0 Å². The molecule has 0 spiro atoms. The van der Waals surface area contributed by atoms with E-state index >= 15 is 0 Å². The molecule has 6 nitrogen and oxygen atoms in total. The van der Waals surface area contributed by atoms with Gasteiger partial charge in [-0.3, -0.25) is 9.59 Å². The summed E-state index contributed by atoms with van der Waals surface area (Å²) in [6, 6.07) is 13.6. The Morgan fingerprint density at radius 1 is 0.862 bits per heavy atom. The summed E-state index contributed by atoms with van der Waals surface area (Å²) in [6.07, 6.45) is -0.130. The van der Waals surface area contributed by atoms with Crippen molar-refractivity contribution in [3.05, 3.63) is 59.7 Å². The maximum atomic E-state index is 12.8. The predicted molar refractivity (Wildman–Crippen MR) is 111 cm³/mol. The quantitative estimate of drug-likeness (QED) is 0.637. The molecule has 0 saturated carbocycles. The van der Waals surface area contributed by atoms with Crippen LogP contribution in [0.5, 0.6) is 11.5 Å². The number of carbonyl (C=O) groups excluding carboxylic acids is 2. The lowest BCUT2D eigenvalue weighted by atomic mass is 10.0. The number of amides is 1. The molecule has 0 heterocycles. The molecule has 1 N–H and O–H groups in total. The molecule has 2 aromatic rings. The highest BCUT2D eigenvalue weighted by molar-refractivity contribution is 5.94. The van der Waals surface area contributed by atoms with Crippen LogP contribution in [0.25, 0.3) is 0 Å². The van der Waals surface area contributed by atoms with Crippen LogP contribution in [0.3, 0.4) is 0 Å². The lowest BCUT2D eigenvalue weighted by Crippen LogP contribution is -2.31. The van der Waals surface area contributed by atoms with Gasteiger partial charge in [0.2, 0.25) is 0 Å². The number of esters is 1. The summed E-state index contributed by atoms with van der Waals surface area (Å²) in [7, 11) is 1.58. The van der Waals surface area contributed by atoms with E-state index in [9.17, 15) is 9.59 Å². The van der Waals surface area contributed by atoms with Gasteiger partial charge in [-0.05, 0) is 69.7 Å². The maximum absolute atomic E-state index is 12.8. The molecule has 29 heavy (non-hydrogen) atoms. The Balaban J connectivity index is 2.16. The molecule has 156 valence electrons. The first-order valence-corrected chi connectivity index (χ1v) is 9.69. The number of nitrogens with one attached hydrogen (secondary N) is 1. The smallest absolute Gasteiger partial charge is 0.308 e. The van der Waals surface area contributed by atoms with Crippen molar-refractivity contribution in [3.63, 3.8) is 0 Å². The van der Waals surface area contributed by atoms with Crippen LogP contribution in [0.1, 0.15) is 56.1 Å². The summed E-state index contributed by atoms with van der Waals surface area (Å²) in [5, 5.41) is 2.93. The van der Waals surface area contributed by atoms with Crippen LogP contribution in [-0.2, 0) is 9.53 Å². The Kier molecular flexibility index (Phi) is 8.07. The van der Waals surface area contributed by atoms with E-state index in [0.29, 0.717) is 17.1 Å². The number of hydrogen-bond acceptors (Lipinski definition) is 5. The zero-order valence-electron chi connectivity index (χ0n) is 17.6. The molecule has 0 aromatic heterocycles. The predicted octanol–water partition coefficient (Wildman–Crippen LogP) is 4.30. The maximum Gasteiger partial charge on any atom is 0.308 e. The van der Waals surface area contributed by atoms with Gasteiger partial charge in [0.1, 0.15) is 11.5 Å². The van der Waals surface area contributed by atoms with Crippen molar-refractivity contribution in [3.8, 4) is 11.5 Å². The summed E-state index contributed by atoms with van der Waals surface area (Å²) in [5.41, 5.74) is 1.27.